The number of carbonyl (C=O) groups is 2. The average molecular weight is 238 g/mol. The minimum Gasteiger partial charge on any atom is -0.481 e. The summed E-state index contributed by atoms with van der Waals surface area (Å²) in [6.07, 6.45) is 2.00. The maximum absolute atomic E-state index is 12.1. The smallest absolute Gasteiger partial charge is 0.307 e. The van der Waals surface area contributed by atoms with Gasteiger partial charge in [0.2, 0.25) is 5.91 Å². The van der Waals surface area contributed by atoms with Crippen molar-refractivity contribution >= 4 is 11.9 Å². The van der Waals surface area contributed by atoms with Crippen molar-refractivity contribution in [1.29, 1.82) is 5.26 Å². The number of hydrogen-bond acceptors (Lipinski definition) is 3. The number of hydrogen-bond donors (Lipinski definition) is 1. The molecule has 0 aromatic heterocycles. The van der Waals surface area contributed by atoms with Gasteiger partial charge in [0.15, 0.2) is 0 Å². The predicted octanol–water partition coefficient (Wildman–Crippen LogP) is 1.11. The molecule has 3 atom stereocenters. The molecular formula is C12H18N2O3. The van der Waals surface area contributed by atoms with E-state index in [1.54, 1.807) is 14.0 Å². The molecule has 0 aliphatic heterocycles. The lowest BCUT2D eigenvalue weighted by Crippen LogP contribution is -2.38. The molecule has 94 valence electrons. The molecule has 1 saturated carbocycles. The Bertz CT molecular complexity index is 348. The van der Waals surface area contributed by atoms with E-state index in [1.165, 1.54) is 4.90 Å². The number of aliphatic carboxylic acids is 1. The van der Waals surface area contributed by atoms with E-state index < -0.39 is 17.8 Å². The van der Waals surface area contributed by atoms with E-state index >= 15 is 0 Å². The summed E-state index contributed by atoms with van der Waals surface area (Å²) in [5.41, 5.74) is 0. The van der Waals surface area contributed by atoms with Crippen LogP contribution in [0.1, 0.15) is 26.2 Å². The molecule has 0 spiro atoms. The van der Waals surface area contributed by atoms with Gasteiger partial charge >= 0.3 is 5.97 Å². The molecule has 1 amide bonds. The molecule has 1 fully saturated rings. The van der Waals surface area contributed by atoms with Crippen LogP contribution < -0.4 is 0 Å². The molecule has 1 rings (SSSR count). The molecule has 1 aliphatic carbocycles. The van der Waals surface area contributed by atoms with E-state index in [9.17, 15) is 9.59 Å². The van der Waals surface area contributed by atoms with Gasteiger partial charge in [-0.3, -0.25) is 9.59 Å². The van der Waals surface area contributed by atoms with Gasteiger partial charge in [0.05, 0.1) is 23.8 Å². The number of nitriles is 1. The second-order valence-corrected chi connectivity index (χ2v) is 4.73. The fraction of sp³-hybridized carbons (Fsp3) is 0.750. The number of carboxylic acids is 1. The molecule has 1 N–H and O–H groups in total. The summed E-state index contributed by atoms with van der Waals surface area (Å²) in [4.78, 5) is 24.5. The zero-order chi connectivity index (χ0) is 13.0. The molecule has 3 unspecified atom stereocenters. The van der Waals surface area contributed by atoms with Gasteiger partial charge < -0.3 is 10.0 Å². The zero-order valence-electron chi connectivity index (χ0n) is 10.2. The number of rotatable bonds is 4. The Hall–Kier alpha value is -1.57. The van der Waals surface area contributed by atoms with Gasteiger partial charge in [-0.15, -0.1) is 0 Å². The topological polar surface area (TPSA) is 81.4 Å². The summed E-state index contributed by atoms with van der Waals surface area (Å²) in [7, 11) is 1.63. The Kier molecular flexibility index (Phi) is 4.50. The normalized spacial score (nSPS) is 25.0. The number of carboxylic acid groups (broad SMARTS) is 1. The predicted molar refractivity (Wildman–Crippen MR) is 60.9 cm³/mol. The van der Waals surface area contributed by atoms with E-state index in [4.69, 9.17) is 10.4 Å². The van der Waals surface area contributed by atoms with Crippen molar-refractivity contribution in [1.82, 2.24) is 4.90 Å². The minimum atomic E-state index is -0.886. The lowest BCUT2D eigenvalue weighted by molar-refractivity contribution is -0.148. The zero-order valence-corrected chi connectivity index (χ0v) is 10.2. The third-order valence-corrected chi connectivity index (χ3v) is 3.29. The summed E-state index contributed by atoms with van der Waals surface area (Å²) in [5.74, 6) is -2.22. The van der Waals surface area contributed by atoms with Gasteiger partial charge in [-0.25, -0.2) is 0 Å². The van der Waals surface area contributed by atoms with E-state index in [2.05, 4.69) is 6.07 Å². The maximum Gasteiger partial charge on any atom is 0.307 e. The highest BCUT2D eigenvalue weighted by Gasteiger charge is 2.39. The van der Waals surface area contributed by atoms with E-state index in [-0.39, 0.29) is 11.8 Å². The monoisotopic (exact) mass is 238 g/mol. The molecule has 1 aliphatic rings. The van der Waals surface area contributed by atoms with Gasteiger partial charge in [0.1, 0.15) is 0 Å². The van der Waals surface area contributed by atoms with Gasteiger partial charge in [-0.2, -0.15) is 5.26 Å². The third-order valence-electron chi connectivity index (χ3n) is 3.29. The highest BCUT2D eigenvalue weighted by Crippen LogP contribution is 2.33. The number of carbonyl (C=O) groups excluding carboxylic acids is 1. The molecule has 0 saturated heterocycles. The lowest BCUT2D eigenvalue weighted by Gasteiger charge is -2.24. The van der Waals surface area contributed by atoms with Crippen molar-refractivity contribution in [3.8, 4) is 6.07 Å². The van der Waals surface area contributed by atoms with Crippen LogP contribution in [0.2, 0.25) is 0 Å². The molecule has 0 aromatic carbocycles. The summed E-state index contributed by atoms with van der Waals surface area (Å²) in [6, 6.07) is 2.07. The SMILES string of the molecule is CC(C#N)CN(C)C(=O)C1CCCC1C(=O)O. The first-order valence-electron chi connectivity index (χ1n) is 5.84. The van der Waals surface area contributed by atoms with E-state index in [1.807, 2.05) is 0 Å². The van der Waals surface area contributed by atoms with Crippen LogP contribution in [-0.2, 0) is 9.59 Å². The highest BCUT2D eigenvalue weighted by molar-refractivity contribution is 5.85. The van der Waals surface area contributed by atoms with Gasteiger partial charge in [0.25, 0.3) is 0 Å². The summed E-state index contributed by atoms with van der Waals surface area (Å²) >= 11 is 0. The van der Waals surface area contributed by atoms with Crippen molar-refractivity contribution in [2.45, 2.75) is 26.2 Å². The van der Waals surface area contributed by atoms with Crippen LogP contribution in [0, 0.1) is 29.1 Å². The van der Waals surface area contributed by atoms with Gasteiger partial charge in [0, 0.05) is 13.6 Å². The second-order valence-electron chi connectivity index (χ2n) is 4.73. The minimum absolute atomic E-state index is 0.142. The van der Waals surface area contributed by atoms with Crippen LogP contribution in [0.4, 0.5) is 0 Å². The largest absolute Gasteiger partial charge is 0.481 e. The van der Waals surface area contributed by atoms with Gasteiger partial charge in [-0.05, 0) is 19.8 Å². The van der Waals surface area contributed by atoms with Crippen LogP contribution in [-0.4, -0.2) is 35.5 Å². The fourth-order valence-corrected chi connectivity index (χ4v) is 2.38. The van der Waals surface area contributed by atoms with Crippen LogP contribution >= 0.6 is 0 Å². The van der Waals surface area contributed by atoms with Crippen molar-refractivity contribution in [2.24, 2.45) is 17.8 Å². The first-order valence-corrected chi connectivity index (χ1v) is 5.84. The first kappa shape index (κ1) is 13.5. The van der Waals surface area contributed by atoms with Gasteiger partial charge in [-0.1, -0.05) is 6.42 Å². The molecule has 0 aromatic rings. The summed E-state index contributed by atoms with van der Waals surface area (Å²) < 4.78 is 0. The van der Waals surface area contributed by atoms with Crippen molar-refractivity contribution < 1.29 is 14.7 Å². The number of nitrogens with zero attached hydrogens (tertiary/aromatic N) is 2. The summed E-state index contributed by atoms with van der Waals surface area (Å²) in [6.45, 7) is 2.10. The molecule has 0 radical (unpaired) electrons. The summed E-state index contributed by atoms with van der Waals surface area (Å²) in [5, 5.41) is 17.7. The quantitative estimate of drug-likeness (QED) is 0.795. The molecule has 5 heteroatoms. The van der Waals surface area contributed by atoms with E-state index in [0.717, 1.165) is 6.42 Å². The van der Waals surface area contributed by atoms with Crippen LogP contribution in [0.5, 0.6) is 0 Å². The third kappa shape index (κ3) is 3.19. The van der Waals surface area contributed by atoms with Crippen molar-refractivity contribution in [2.75, 3.05) is 13.6 Å². The molecule has 17 heavy (non-hydrogen) atoms. The van der Waals surface area contributed by atoms with Crippen LogP contribution in [0.25, 0.3) is 0 Å². The first-order chi connectivity index (χ1) is 7.97. The Morgan fingerprint density at radius 3 is 2.59 bits per heavy atom. The fourth-order valence-electron chi connectivity index (χ4n) is 2.38. The van der Waals surface area contributed by atoms with Crippen LogP contribution in [0.3, 0.4) is 0 Å². The Morgan fingerprint density at radius 1 is 1.47 bits per heavy atom. The molecule has 0 bridgehead atoms. The van der Waals surface area contributed by atoms with Crippen molar-refractivity contribution in [3.05, 3.63) is 0 Å². The number of amides is 1. The van der Waals surface area contributed by atoms with E-state index in [0.29, 0.717) is 19.4 Å². The second kappa shape index (κ2) is 5.67. The standard InChI is InChI=1S/C12H18N2O3/c1-8(6-13)7-14(2)11(15)9-4-3-5-10(9)12(16)17/h8-10H,3-5,7H2,1-2H3,(H,16,17). The van der Waals surface area contributed by atoms with Crippen molar-refractivity contribution in [3.63, 3.8) is 0 Å². The average Bonchev–Trinajstić information content (AvgIpc) is 2.76. The van der Waals surface area contributed by atoms with Crippen LogP contribution in [0.15, 0.2) is 0 Å². The highest BCUT2D eigenvalue weighted by atomic mass is 16.4. The Balaban J connectivity index is 2.63. The molecule has 5 nitrogen and oxygen atoms in total. The molecule has 0 heterocycles. The maximum atomic E-state index is 12.1. The molecular weight excluding hydrogens is 220 g/mol. The Labute approximate surface area is 101 Å². The lowest BCUT2D eigenvalue weighted by atomic mass is 9.94. The Morgan fingerprint density at radius 2 is 2.06 bits per heavy atom.